The van der Waals surface area contributed by atoms with Crippen LogP contribution < -0.4 is 5.32 Å². The number of amides is 1. The van der Waals surface area contributed by atoms with Gasteiger partial charge in [-0.15, -0.1) is 0 Å². The van der Waals surface area contributed by atoms with Gasteiger partial charge in [0.2, 0.25) is 5.91 Å². The number of carbonyl (C=O) groups excluding carboxylic acids is 1. The van der Waals surface area contributed by atoms with Crippen molar-refractivity contribution in [3.63, 3.8) is 0 Å². The van der Waals surface area contributed by atoms with Crippen molar-refractivity contribution in [1.29, 1.82) is 0 Å². The van der Waals surface area contributed by atoms with Gasteiger partial charge in [0.05, 0.1) is 5.92 Å². The van der Waals surface area contributed by atoms with Crippen molar-refractivity contribution in [2.45, 2.75) is 32.6 Å². The van der Waals surface area contributed by atoms with Crippen LogP contribution in [0.15, 0.2) is 18.2 Å². The number of aromatic nitrogens is 1. The number of rotatable bonds is 2. The highest BCUT2D eigenvalue weighted by Gasteiger charge is 2.29. The zero-order valence-electron chi connectivity index (χ0n) is 11.8. The molecule has 2 N–H and O–H groups in total. The van der Waals surface area contributed by atoms with E-state index in [0.29, 0.717) is 12.5 Å². The Morgan fingerprint density at radius 2 is 2.20 bits per heavy atom. The van der Waals surface area contributed by atoms with E-state index in [4.69, 9.17) is 11.6 Å². The van der Waals surface area contributed by atoms with Crippen LogP contribution in [-0.4, -0.2) is 17.4 Å². The van der Waals surface area contributed by atoms with Gasteiger partial charge in [-0.05, 0) is 42.5 Å². The van der Waals surface area contributed by atoms with Gasteiger partial charge in [0.25, 0.3) is 0 Å². The van der Waals surface area contributed by atoms with Crippen LogP contribution in [0.1, 0.15) is 37.4 Å². The number of H-pyrrole nitrogens is 1. The molecule has 106 valence electrons. The number of hydrogen-bond acceptors (Lipinski definition) is 1. The molecule has 1 aromatic heterocycles. The summed E-state index contributed by atoms with van der Waals surface area (Å²) in [5, 5.41) is 4.91. The van der Waals surface area contributed by atoms with Gasteiger partial charge in [-0.3, -0.25) is 4.79 Å². The van der Waals surface area contributed by atoms with Gasteiger partial charge in [0, 0.05) is 28.2 Å². The second-order valence-electron chi connectivity index (χ2n) is 5.93. The number of fused-ring (bicyclic) bond motifs is 3. The second kappa shape index (κ2) is 5.13. The topological polar surface area (TPSA) is 44.9 Å². The molecule has 2 heterocycles. The molecule has 1 amide bonds. The predicted molar refractivity (Wildman–Crippen MR) is 82.2 cm³/mol. The van der Waals surface area contributed by atoms with E-state index in [1.807, 2.05) is 18.2 Å². The standard InChI is InChI=1S/C16H19ClN2O/c1-9(2)7-13-15-11(5-6-18-16(13)20)12-8-10(17)3-4-14(12)19-15/h3-4,8-9,13,19H,5-7H2,1-2H3,(H,18,20)/t13-/m0/s1. The zero-order valence-corrected chi connectivity index (χ0v) is 12.6. The van der Waals surface area contributed by atoms with Crippen molar-refractivity contribution < 1.29 is 4.79 Å². The largest absolute Gasteiger partial charge is 0.357 e. The molecular formula is C16H19ClN2O. The highest BCUT2D eigenvalue weighted by atomic mass is 35.5. The Kier molecular flexibility index (Phi) is 3.47. The number of aromatic amines is 1. The summed E-state index contributed by atoms with van der Waals surface area (Å²) in [5.41, 5.74) is 3.39. The molecule has 0 fully saturated rings. The minimum atomic E-state index is -0.0846. The first-order valence-corrected chi connectivity index (χ1v) is 7.51. The highest BCUT2D eigenvalue weighted by molar-refractivity contribution is 6.31. The summed E-state index contributed by atoms with van der Waals surface area (Å²) in [6.07, 6.45) is 1.72. The van der Waals surface area contributed by atoms with E-state index in [2.05, 4.69) is 24.1 Å². The fraction of sp³-hybridized carbons (Fsp3) is 0.438. The molecule has 1 aliphatic heterocycles. The van der Waals surface area contributed by atoms with Gasteiger partial charge >= 0.3 is 0 Å². The van der Waals surface area contributed by atoms with Gasteiger partial charge in [-0.25, -0.2) is 0 Å². The van der Waals surface area contributed by atoms with Gasteiger partial charge in [0.15, 0.2) is 0 Å². The zero-order chi connectivity index (χ0) is 14.3. The average molecular weight is 291 g/mol. The van der Waals surface area contributed by atoms with Crippen molar-refractivity contribution in [2.75, 3.05) is 6.54 Å². The fourth-order valence-corrected chi connectivity index (χ4v) is 3.24. The van der Waals surface area contributed by atoms with Crippen LogP contribution in [0.4, 0.5) is 0 Å². The number of carbonyl (C=O) groups is 1. The maximum Gasteiger partial charge on any atom is 0.229 e. The highest BCUT2D eigenvalue weighted by Crippen LogP contribution is 2.34. The predicted octanol–water partition coefficient (Wildman–Crippen LogP) is 3.62. The Bertz CT molecular complexity index is 660. The van der Waals surface area contributed by atoms with Crippen LogP contribution in [-0.2, 0) is 11.2 Å². The molecule has 2 aromatic rings. The van der Waals surface area contributed by atoms with E-state index >= 15 is 0 Å². The van der Waals surface area contributed by atoms with Crippen molar-refractivity contribution in [3.8, 4) is 0 Å². The maximum absolute atomic E-state index is 12.3. The smallest absolute Gasteiger partial charge is 0.229 e. The lowest BCUT2D eigenvalue weighted by Crippen LogP contribution is -2.29. The van der Waals surface area contributed by atoms with Crippen molar-refractivity contribution in [3.05, 3.63) is 34.5 Å². The molecule has 4 heteroatoms. The summed E-state index contributed by atoms with van der Waals surface area (Å²) in [4.78, 5) is 15.7. The van der Waals surface area contributed by atoms with E-state index in [-0.39, 0.29) is 11.8 Å². The lowest BCUT2D eigenvalue weighted by atomic mass is 9.91. The SMILES string of the molecule is CC(C)C[C@@H]1C(=O)NCCc2c1[nH]c1ccc(Cl)cc21. The van der Waals surface area contributed by atoms with Gasteiger partial charge in [-0.1, -0.05) is 25.4 Å². The Morgan fingerprint density at radius 3 is 2.95 bits per heavy atom. The minimum Gasteiger partial charge on any atom is -0.357 e. The monoisotopic (exact) mass is 290 g/mol. The van der Waals surface area contributed by atoms with Crippen LogP contribution in [0.3, 0.4) is 0 Å². The van der Waals surface area contributed by atoms with Gasteiger partial charge < -0.3 is 10.3 Å². The number of nitrogens with one attached hydrogen (secondary N) is 2. The number of benzene rings is 1. The molecule has 1 aromatic carbocycles. The summed E-state index contributed by atoms with van der Waals surface area (Å²) in [7, 11) is 0. The quantitative estimate of drug-likeness (QED) is 0.872. The lowest BCUT2D eigenvalue weighted by molar-refractivity contribution is -0.122. The molecule has 20 heavy (non-hydrogen) atoms. The maximum atomic E-state index is 12.3. The van der Waals surface area contributed by atoms with Crippen LogP contribution in [0.5, 0.6) is 0 Å². The van der Waals surface area contributed by atoms with Crippen molar-refractivity contribution >= 4 is 28.4 Å². The van der Waals surface area contributed by atoms with Crippen molar-refractivity contribution in [1.82, 2.24) is 10.3 Å². The summed E-state index contributed by atoms with van der Waals surface area (Å²) >= 11 is 6.11. The summed E-state index contributed by atoms with van der Waals surface area (Å²) < 4.78 is 0. The molecule has 3 nitrogen and oxygen atoms in total. The van der Waals surface area contributed by atoms with E-state index in [9.17, 15) is 4.79 Å². The number of halogens is 1. The van der Waals surface area contributed by atoms with E-state index in [1.165, 1.54) is 5.56 Å². The molecule has 0 saturated carbocycles. The van der Waals surface area contributed by atoms with Gasteiger partial charge in [0.1, 0.15) is 0 Å². The van der Waals surface area contributed by atoms with Crippen LogP contribution in [0.2, 0.25) is 5.02 Å². The molecule has 0 bridgehead atoms. The molecule has 0 radical (unpaired) electrons. The molecule has 0 saturated heterocycles. The molecule has 0 spiro atoms. The third kappa shape index (κ3) is 2.31. The lowest BCUT2D eigenvalue weighted by Gasteiger charge is -2.16. The average Bonchev–Trinajstić information content (AvgIpc) is 2.66. The van der Waals surface area contributed by atoms with Crippen LogP contribution in [0, 0.1) is 5.92 Å². The normalized spacial score (nSPS) is 19.0. The molecule has 0 aliphatic carbocycles. The first-order chi connectivity index (χ1) is 9.56. The molecule has 1 aliphatic rings. The molecule has 3 rings (SSSR count). The molecular weight excluding hydrogens is 272 g/mol. The first kappa shape index (κ1) is 13.5. The number of hydrogen-bond donors (Lipinski definition) is 2. The van der Waals surface area contributed by atoms with E-state index < -0.39 is 0 Å². The van der Waals surface area contributed by atoms with E-state index in [1.54, 1.807) is 0 Å². The van der Waals surface area contributed by atoms with E-state index in [0.717, 1.165) is 34.5 Å². The Hall–Kier alpha value is -1.48. The first-order valence-electron chi connectivity index (χ1n) is 7.14. The summed E-state index contributed by atoms with van der Waals surface area (Å²) in [5.74, 6) is 0.528. The fourth-order valence-electron chi connectivity index (χ4n) is 3.07. The van der Waals surface area contributed by atoms with Crippen molar-refractivity contribution in [2.24, 2.45) is 5.92 Å². The van der Waals surface area contributed by atoms with Crippen LogP contribution in [0.25, 0.3) is 10.9 Å². The second-order valence-corrected chi connectivity index (χ2v) is 6.37. The minimum absolute atomic E-state index is 0.0846. The summed E-state index contributed by atoms with van der Waals surface area (Å²) in [6, 6.07) is 5.88. The third-order valence-electron chi connectivity index (χ3n) is 3.95. The summed E-state index contributed by atoms with van der Waals surface area (Å²) in [6.45, 7) is 4.99. The Morgan fingerprint density at radius 1 is 1.40 bits per heavy atom. The Labute approximate surface area is 123 Å². The van der Waals surface area contributed by atoms with Crippen LogP contribution >= 0.6 is 11.6 Å². The molecule has 0 unspecified atom stereocenters. The molecule has 1 atom stereocenters. The third-order valence-corrected chi connectivity index (χ3v) is 4.18. The Balaban J connectivity index is 2.16. The van der Waals surface area contributed by atoms with Gasteiger partial charge in [-0.2, -0.15) is 0 Å².